The number of amides is 5. The number of benzene rings is 4. The van der Waals surface area contributed by atoms with E-state index in [4.69, 9.17) is 42.6 Å². The number of likely N-dealkylation sites (tertiary alicyclic amines) is 4. The number of nitrogens with zero attached hydrogens (tertiary/aromatic N) is 5. The van der Waals surface area contributed by atoms with Crippen LogP contribution >= 0.6 is 13.6 Å². The van der Waals surface area contributed by atoms with Crippen LogP contribution in [-0.4, -0.2) is 215 Å². The number of hydrogen-bond acceptors (Lipinski definition) is 21. The molecule has 1 N–H and O–H groups in total. The van der Waals surface area contributed by atoms with E-state index in [1.165, 1.54) is 45.5 Å². The Morgan fingerprint density at radius 3 is 0.975 bits per heavy atom. The summed E-state index contributed by atoms with van der Waals surface area (Å²) in [6.45, 7) is 38.3. The Hall–Kier alpha value is -9.49. The molecule has 4 fully saturated rings. The standard InChI is InChI=1S/C24H34N2O4.C22H29NO5.C20H25NO5.C19H22F3NO6S.C4H7O2.BrH.Zn/c1-6-25(7-2)21(27)16-18-17-24(29-20-11-9-8-10-19(18)20)12-14-26(15-13-24)22(28)30-23(3,4)5;1-5-26-19(24)14-16-15-22(27-18-9-7-6-8-17(16)18)10-12-23(13-11-22)20(25)28-21(2,3)4;1-19(2,3)26-18(24)21-10-8-20(9-11-21)13-14(12-17(22)23)15-6-4-5-7-16(15)25-20;1-17(2,3)28-16(24)23-10-8-18(9-11-23)12-15(29-30(25,26)19(20,21)22)13-6-4-5-7-14(13)27-18;1-3-6-4(2)5;;/h8-11,17H,6-7,12-16H2,1-5H3;6-9,15H,5,10-14H2,1-4H3;4-7,13H,8-12H2,1-3H3,(H,22,23);4-7,12H,8-11H2,1-3H3;2-3H2,1H3;1H;/q;;;;-1;;+2/p-1. The zero-order chi connectivity index (χ0) is 90.6. The van der Waals surface area contributed by atoms with E-state index in [0.29, 0.717) is 116 Å². The summed E-state index contributed by atoms with van der Waals surface area (Å²) in [7, 11) is -5.85. The maximum absolute atomic E-state index is 12.8. The van der Waals surface area contributed by atoms with Gasteiger partial charge in [-0.3, -0.25) is 26.1 Å². The molecule has 0 bridgehead atoms. The number of carboxylic acids is 1. The first kappa shape index (κ1) is 99.6. The second kappa shape index (κ2) is 42.3. The van der Waals surface area contributed by atoms with Crippen molar-refractivity contribution in [1.82, 2.24) is 24.5 Å². The first-order valence-corrected chi connectivity index (χ1v) is 49.2. The van der Waals surface area contributed by atoms with Crippen LogP contribution in [0.5, 0.6) is 23.0 Å². The summed E-state index contributed by atoms with van der Waals surface area (Å²) < 4.78 is 122. The minimum absolute atomic E-state index is 0.0437. The third kappa shape index (κ3) is 28.8. The topological polar surface area (TPSA) is 309 Å². The number of carboxylic acid groups (broad SMARTS) is 1. The van der Waals surface area contributed by atoms with Crippen LogP contribution in [0.2, 0.25) is 0 Å². The summed E-state index contributed by atoms with van der Waals surface area (Å²) >= 11 is 4.25. The van der Waals surface area contributed by atoms with Gasteiger partial charge in [-0.05, 0) is 176 Å². The average Bonchev–Trinajstić information content (AvgIpc) is 0.767. The zero-order valence-electron chi connectivity index (χ0n) is 72.9. The van der Waals surface area contributed by atoms with Crippen molar-refractivity contribution in [2.24, 2.45) is 0 Å². The van der Waals surface area contributed by atoms with E-state index < -0.39 is 84.2 Å². The number of para-hydroxylation sites is 4. The molecule has 0 aliphatic carbocycles. The Morgan fingerprint density at radius 1 is 0.443 bits per heavy atom. The van der Waals surface area contributed by atoms with E-state index >= 15 is 0 Å². The molecule has 122 heavy (non-hydrogen) atoms. The van der Waals surface area contributed by atoms with Crippen molar-refractivity contribution >= 4 is 94.4 Å². The second-order valence-corrected chi connectivity index (χ2v) is 35.7. The Labute approximate surface area is 731 Å². The number of rotatable bonds is 12. The van der Waals surface area contributed by atoms with Crippen LogP contribution in [0.25, 0.3) is 22.5 Å². The Morgan fingerprint density at radius 2 is 0.713 bits per heavy atom. The predicted octanol–water partition coefficient (Wildman–Crippen LogP) is 17.7. The van der Waals surface area contributed by atoms with Gasteiger partial charge in [-0.15, -0.1) is 0 Å². The molecule has 4 aromatic carbocycles. The van der Waals surface area contributed by atoms with Gasteiger partial charge in [0.2, 0.25) is 5.91 Å². The molecule has 5 amide bonds. The molecule has 33 heteroatoms. The molecule has 27 nitrogen and oxygen atoms in total. The normalized spacial score (nSPS) is 17.5. The van der Waals surface area contributed by atoms with Crippen LogP contribution in [0.15, 0.2) is 121 Å². The van der Waals surface area contributed by atoms with Crippen molar-refractivity contribution in [2.45, 2.75) is 232 Å². The molecule has 4 saturated heterocycles. The number of piperidine rings is 4. The number of aliphatic carboxylic acids is 1. The molecule has 0 atom stereocenters. The fraction of sp³-hybridized carbons (Fsp3) is 0.539. The molecule has 666 valence electrons. The van der Waals surface area contributed by atoms with Gasteiger partial charge >= 0.3 is 81.9 Å². The van der Waals surface area contributed by atoms with E-state index in [9.17, 15) is 65.1 Å². The molecule has 12 rings (SSSR count). The number of esters is 2. The van der Waals surface area contributed by atoms with Gasteiger partial charge in [0.05, 0.1) is 38.0 Å². The first-order valence-electron chi connectivity index (χ1n) is 40.9. The van der Waals surface area contributed by atoms with E-state index in [0.717, 1.165) is 44.9 Å². The van der Waals surface area contributed by atoms with Crippen LogP contribution < -0.4 is 18.9 Å². The molecule has 0 unspecified atom stereocenters. The summed E-state index contributed by atoms with van der Waals surface area (Å²) in [5.41, 5.74) is -4.93. The molecular formula is C89H117BrF3N5O22SZn. The summed E-state index contributed by atoms with van der Waals surface area (Å²) in [6.07, 6.45) is 10.8. The molecule has 0 saturated carbocycles. The van der Waals surface area contributed by atoms with Crippen molar-refractivity contribution < 1.29 is 133 Å². The minimum atomic E-state index is -5.85. The maximum atomic E-state index is 12.8. The van der Waals surface area contributed by atoms with Gasteiger partial charge in [0, 0.05) is 140 Å². The molecule has 0 aromatic heterocycles. The van der Waals surface area contributed by atoms with Crippen LogP contribution in [0.3, 0.4) is 0 Å². The fourth-order valence-electron chi connectivity index (χ4n) is 14.5. The quantitative estimate of drug-likeness (QED) is 0.0344. The number of ether oxygens (including phenoxy) is 10. The van der Waals surface area contributed by atoms with Crippen LogP contribution in [-0.2, 0) is 78.2 Å². The van der Waals surface area contributed by atoms with Gasteiger partial charge in [-0.2, -0.15) is 21.6 Å². The monoisotopic (exact) mass is 1840 g/mol. The van der Waals surface area contributed by atoms with Crippen LogP contribution in [0, 0.1) is 6.92 Å². The number of hydrogen-bond donors (Lipinski definition) is 1. The van der Waals surface area contributed by atoms with Crippen molar-refractivity contribution in [3.63, 3.8) is 0 Å². The van der Waals surface area contributed by atoms with E-state index in [2.05, 4.69) is 41.6 Å². The van der Waals surface area contributed by atoms with Crippen molar-refractivity contribution in [3.8, 4) is 23.0 Å². The third-order valence-electron chi connectivity index (χ3n) is 20.1. The third-order valence-corrected chi connectivity index (χ3v) is 21.1. The van der Waals surface area contributed by atoms with E-state index in [-0.39, 0.29) is 80.2 Å². The van der Waals surface area contributed by atoms with E-state index in [1.807, 2.05) is 160 Å². The van der Waals surface area contributed by atoms with Crippen molar-refractivity contribution in [3.05, 3.63) is 151 Å². The number of carbonyl (C=O) groups is 8. The van der Waals surface area contributed by atoms with Gasteiger partial charge in [-0.25, -0.2) is 19.2 Å². The van der Waals surface area contributed by atoms with Gasteiger partial charge in [0.25, 0.3) is 0 Å². The van der Waals surface area contributed by atoms with Crippen LogP contribution in [0.1, 0.15) is 204 Å². The van der Waals surface area contributed by atoms with Gasteiger partial charge < -0.3 is 81.2 Å². The molecule has 4 aromatic rings. The molecular weight excluding hydrogens is 1730 g/mol. The Kier molecular flexibility index (Phi) is 34.5. The Balaban J connectivity index is 0.000000217. The summed E-state index contributed by atoms with van der Waals surface area (Å²) in [4.78, 5) is 104. The average molecular weight is 1840 g/mol. The van der Waals surface area contributed by atoms with Gasteiger partial charge in [0.15, 0.2) is 11.7 Å². The SMILES string of the molecule is CC(C)(C)OC(=O)N1CCC2(C=C(CC(=O)O)c3ccccc3O2)CC1.CC(C)(C)OC(=O)N1CCC2(C=C(OS(=O)(=O)C(F)(F)F)c3ccccc3O2)CC1.CCN(CC)C(=O)CC1=CC2(CCN(C(=O)OC(C)(C)C)CC2)Oc2ccccc21.CCOC(=O)CC1=CC2(CCN(C(=O)OC(C)(C)C)CC2)Oc2ccccc21.[CH2-]C(=O)OCC.[Zn+][Br]. The summed E-state index contributed by atoms with van der Waals surface area (Å²) in [5, 5.41) is 9.25. The van der Waals surface area contributed by atoms with Crippen molar-refractivity contribution in [1.29, 1.82) is 0 Å². The molecule has 8 heterocycles. The van der Waals surface area contributed by atoms with Crippen LogP contribution in [0.4, 0.5) is 32.3 Å². The van der Waals surface area contributed by atoms with Crippen molar-refractivity contribution in [2.75, 3.05) is 78.7 Å². The number of carbonyl (C=O) groups excluding carboxylic acids is 7. The van der Waals surface area contributed by atoms with Gasteiger partial charge in [-0.1, -0.05) is 66.7 Å². The fourth-order valence-corrected chi connectivity index (χ4v) is 15.0. The number of fused-ring (bicyclic) bond motifs is 4. The zero-order valence-corrected chi connectivity index (χ0v) is 78.3. The van der Waals surface area contributed by atoms with E-state index in [1.54, 1.807) is 55.4 Å². The molecule has 0 radical (unpaired) electrons. The second-order valence-electron chi connectivity index (χ2n) is 34.1. The van der Waals surface area contributed by atoms with Gasteiger partial charge in [0.1, 0.15) is 67.8 Å². The number of halogens is 4. The summed E-state index contributed by atoms with van der Waals surface area (Å²) in [5.74, 6) is 0.612. The number of alkyl halides is 3. The molecule has 8 aliphatic rings. The molecule has 4 spiro atoms. The predicted molar refractivity (Wildman–Crippen MR) is 452 cm³/mol. The summed E-state index contributed by atoms with van der Waals surface area (Å²) in [6, 6.07) is 29.2. The first-order chi connectivity index (χ1) is 57.0. The molecule has 8 aliphatic heterocycles. The Bertz CT molecular complexity index is 4560.